The predicted molar refractivity (Wildman–Crippen MR) is 113 cm³/mol. The van der Waals surface area contributed by atoms with E-state index in [1.165, 1.54) is 0 Å². The van der Waals surface area contributed by atoms with Gasteiger partial charge in [0.05, 0.1) is 11.6 Å². The maximum Gasteiger partial charge on any atom is 0.297 e. The van der Waals surface area contributed by atoms with Crippen molar-refractivity contribution in [2.45, 2.75) is 0 Å². The predicted octanol–water partition coefficient (Wildman–Crippen LogP) is 2.21. The van der Waals surface area contributed by atoms with Gasteiger partial charge in [-0.05, 0) is 51.9 Å². The maximum absolute atomic E-state index is 8.94. The summed E-state index contributed by atoms with van der Waals surface area (Å²) in [6, 6.07) is 29.7. The van der Waals surface area contributed by atoms with E-state index in [1.54, 1.807) is 11.3 Å². The Kier molecular flexibility index (Phi) is 6.75. The summed E-state index contributed by atoms with van der Waals surface area (Å²) in [5.74, 6) is 0. The number of anilines is 2. The third kappa shape index (κ3) is 5.08. The number of rotatable bonds is 5. The zero-order chi connectivity index (χ0) is 19.2. The third-order valence-electron chi connectivity index (χ3n) is 4.08. The Morgan fingerprint density at radius 1 is 0.862 bits per heavy atom. The molecule has 1 N–H and O–H groups in total. The van der Waals surface area contributed by atoms with E-state index >= 15 is 0 Å². The molecule has 0 atom stereocenters. The van der Waals surface area contributed by atoms with Crippen molar-refractivity contribution in [3.05, 3.63) is 101 Å². The van der Waals surface area contributed by atoms with Crippen LogP contribution in [0.2, 0.25) is 0 Å². The fourth-order valence-electron chi connectivity index (χ4n) is 2.69. The Morgan fingerprint density at radius 3 is 2.17 bits per heavy atom. The molecular formula is C23H17ClN4S. The van der Waals surface area contributed by atoms with Crippen LogP contribution in [0.3, 0.4) is 0 Å². The van der Waals surface area contributed by atoms with Gasteiger partial charge < -0.3 is 17.7 Å². The van der Waals surface area contributed by atoms with Crippen LogP contribution in [0.5, 0.6) is 0 Å². The quantitative estimate of drug-likeness (QED) is 0.507. The molecule has 0 saturated heterocycles. The molecular weight excluding hydrogens is 400 g/mol. The van der Waals surface area contributed by atoms with E-state index in [4.69, 9.17) is 10.4 Å². The van der Waals surface area contributed by atoms with Gasteiger partial charge >= 0.3 is 0 Å². The van der Waals surface area contributed by atoms with Gasteiger partial charge in [0.1, 0.15) is 0 Å². The van der Waals surface area contributed by atoms with Crippen molar-refractivity contribution in [2.75, 3.05) is 5.32 Å². The molecule has 1 heterocycles. The van der Waals surface area contributed by atoms with Crippen molar-refractivity contribution in [1.82, 2.24) is 5.10 Å². The summed E-state index contributed by atoms with van der Waals surface area (Å²) in [6.07, 6.45) is 4.07. The Labute approximate surface area is 179 Å². The molecule has 0 radical (unpaired) electrons. The van der Waals surface area contributed by atoms with Crippen molar-refractivity contribution in [2.24, 2.45) is 0 Å². The highest BCUT2D eigenvalue weighted by molar-refractivity contribution is 7.15. The summed E-state index contributed by atoms with van der Waals surface area (Å²) < 4.78 is 1.93. The van der Waals surface area contributed by atoms with Crippen LogP contribution < -0.4 is 22.4 Å². The smallest absolute Gasteiger partial charge is 0.297 e. The van der Waals surface area contributed by atoms with Crippen LogP contribution in [0.1, 0.15) is 16.1 Å². The molecule has 0 bridgehead atoms. The standard InChI is InChI=1S/C23H17N4S.ClH/c24-17-19-13-11-18(12-14-19)15-16-22-27(21-9-5-2-6-10-21)26-23(28-22)25-20-7-3-1-4-8-20;/h1-16H,(H,25,26);1H/q+1;/p-1/b16-15+;. The highest BCUT2D eigenvalue weighted by Crippen LogP contribution is 2.22. The number of hydrogen-bond donors (Lipinski definition) is 1. The van der Waals surface area contributed by atoms with Crippen LogP contribution in [-0.4, -0.2) is 5.10 Å². The second-order valence-corrected chi connectivity index (χ2v) is 7.06. The number of halogens is 1. The summed E-state index contributed by atoms with van der Waals surface area (Å²) in [4.78, 5) is 0. The normalized spacial score (nSPS) is 10.3. The average Bonchev–Trinajstić information content (AvgIpc) is 3.16. The fourth-order valence-corrected chi connectivity index (χ4v) is 3.55. The first-order valence-electron chi connectivity index (χ1n) is 8.81. The van der Waals surface area contributed by atoms with Gasteiger partial charge in [0.25, 0.3) is 10.1 Å². The number of nitriles is 1. The fraction of sp³-hybridized carbons (Fsp3) is 0. The highest BCUT2D eigenvalue weighted by Gasteiger charge is 2.20. The van der Waals surface area contributed by atoms with Gasteiger partial charge in [0, 0.05) is 29.0 Å². The molecule has 4 aromatic rings. The number of para-hydroxylation sites is 2. The van der Waals surface area contributed by atoms with Crippen LogP contribution in [0.25, 0.3) is 17.8 Å². The lowest BCUT2D eigenvalue weighted by molar-refractivity contribution is -0.654. The van der Waals surface area contributed by atoms with E-state index in [9.17, 15) is 0 Å². The molecule has 0 unspecified atom stereocenters. The Hall–Kier alpha value is -3.46. The van der Waals surface area contributed by atoms with E-state index in [1.807, 2.05) is 102 Å². The van der Waals surface area contributed by atoms with Gasteiger partial charge in [-0.1, -0.05) is 48.5 Å². The van der Waals surface area contributed by atoms with Crippen LogP contribution in [0, 0.1) is 11.3 Å². The van der Waals surface area contributed by atoms with E-state index in [2.05, 4.69) is 11.4 Å². The number of aromatic nitrogens is 2. The first-order valence-corrected chi connectivity index (χ1v) is 9.62. The summed E-state index contributed by atoms with van der Waals surface area (Å²) in [7, 11) is 0. The van der Waals surface area contributed by atoms with Gasteiger partial charge in [0.2, 0.25) is 5.69 Å². The molecule has 6 heteroatoms. The number of benzene rings is 3. The molecule has 4 rings (SSSR count). The van der Waals surface area contributed by atoms with Crippen LogP contribution >= 0.6 is 11.3 Å². The first kappa shape index (κ1) is 20.3. The molecule has 1 aromatic heterocycles. The van der Waals surface area contributed by atoms with Gasteiger partial charge in [-0.2, -0.15) is 5.26 Å². The van der Waals surface area contributed by atoms with Crippen LogP contribution in [-0.2, 0) is 0 Å². The molecule has 4 nitrogen and oxygen atoms in total. The van der Waals surface area contributed by atoms with E-state index in [-0.39, 0.29) is 12.4 Å². The lowest BCUT2D eigenvalue weighted by atomic mass is 10.1. The Balaban J connectivity index is 0.00000240. The molecule has 0 aliphatic heterocycles. The molecule has 29 heavy (non-hydrogen) atoms. The van der Waals surface area contributed by atoms with Gasteiger partial charge in [0.15, 0.2) is 0 Å². The van der Waals surface area contributed by atoms with E-state index in [0.717, 1.165) is 27.1 Å². The number of hydrogen-bond acceptors (Lipinski definition) is 4. The molecule has 0 aliphatic carbocycles. The van der Waals surface area contributed by atoms with Gasteiger partial charge in [-0.15, -0.1) is 0 Å². The zero-order valence-electron chi connectivity index (χ0n) is 15.4. The second-order valence-electron chi connectivity index (χ2n) is 6.05. The SMILES string of the molecule is N#Cc1ccc(/C=C/c2sc(Nc3ccccc3)n[n+]2-c2ccccc2)cc1.[Cl-]. The van der Waals surface area contributed by atoms with Gasteiger partial charge in [-0.25, -0.2) is 0 Å². The summed E-state index contributed by atoms with van der Waals surface area (Å²) in [5, 5.41) is 18.9. The van der Waals surface area contributed by atoms with Crippen molar-refractivity contribution in [3.8, 4) is 11.8 Å². The molecule has 0 saturated carbocycles. The summed E-state index contributed by atoms with van der Waals surface area (Å²) in [5.41, 5.74) is 3.69. The van der Waals surface area contributed by atoms with Crippen molar-refractivity contribution < 1.29 is 17.1 Å². The number of nitrogens with zero attached hydrogens (tertiary/aromatic N) is 3. The maximum atomic E-state index is 8.94. The van der Waals surface area contributed by atoms with E-state index in [0.29, 0.717) is 5.56 Å². The average molecular weight is 417 g/mol. The van der Waals surface area contributed by atoms with Crippen molar-refractivity contribution in [3.63, 3.8) is 0 Å². The van der Waals surface area contributed by atoms with Crippen LogP contribution in [0.15, 0.2) is 84.9 Å². The molecule has 3 aromatic carbocycles. The highest BCUT2D eigenvalue weighted by atomic mass is 35.5. The lowest BCUT2D eigenvalue weighted by Gasteiger charge is -1.97. The van der Waals surface area contributed by atoms with Crippen molar-refractivity contribution >= 4 is 34.3 Å². The van der Waals surface area contributed by atoms with Gasteiger partial charge in [-0.3, -0.25) is 0 Å². The van der Waals surface area contributed by atoms with E-state index < -0.39 is 0 Å². The molecule has 0 fully saturated rings. The first-order chi connectivity index (χ1) is 13.8. The molecule has 142 valence electrons. The zero-order valence-corrected chi connectivity index (χ0v) is 16.9. The second kappa shape index (κ2) is 9.65. The molecule has 0 spiro atoms. The minimum absolute atomic E-state index is 0. The van der Waals surface area contributed by atoms with Crippen molar-refractivity contribution in [1.29, 1.82) is 5.26 Å². The lowest BCUT2D eigenvalue weighted by Crippen LogP contribution is -3.00. The third-order valence-corrected chi connectivity index (χ3v) is 4.98. The minimum atomic E-state index is 0. The molecule has 0 amide bonds. The minimum Gasteiger partial charge on any atom is -1.00 e. The Bertz CT molecular complexity index is 1130. The summed E-state index contributed by atoms with van der Waals surface area (Å²) in [6.45, 7) is 0. The largest absolute Gasteiger partial charge is 1.00 e. The molecule has 0 aliphatic rings. The Morgan fingerprint density at radius 2 is 1.52 bits per heavy atom. The van der Waals surface area contributed by atoms with Crippen LogP contribution in [0.4, 0.5) is 10.8 Å². The summed E-state index contributed by atoms with van der Waals surface area (Å²) >= 11 is 1.58. The number of nitrogens with one attached hydrogen (secondary N) is 1. The monoisotopic (exact) mass is 416 g/mol. The topological polar surface area (TPSA) is 52.6 Å².